The lowest BCUT2D eigenvalue weighted by atomic mass is 9.93. The number of fused-ring (bicyclic) bond motifs is 6. The van der Waals surface area contributed by atoms with Crippen molar-refractivity contribution >= 4 is 60.5 Å². The van der Waals surface area contributed by atoms with Crippen LogP contribution >= 0.6 is 0 Å². The third-order valence-corrected chi connectivity index (χ3v) is 9.01. The zero-order valence-electron chi connectivity index (χ0n) is 25.1. The first-order valence-electron chi connectivity index (χ1n) is 15.7. The van der Waals surface area contributed by atoms with Gasteiger partial charge in [-0.25, -0.2) is 0 Å². The van der Waals surface area contributed by atoms with Crippen LogP contribution in [-0.4, -0.2) is 0 Å². The number of para-hydroxylation sites is 1. The molecule has 2 heteroatoms. The Bertz CT molecular complexity index is 2530. The molecule has 1 aromatic heterocycles. The van der Waals surface area contributed by atoms with E-state index in [1.54, 1.807) is 0 Å². The second kappa shape index (κ2) is 10.8. The van der Waals surface area contributed by atoms with Gasteiger partial charge in [0, 0.05) is 22.1 Å². The Morgan fingerprint density at radius 1 is 0.391 bits per heavy atom. The molecule has 0 saturated heterocycles. The Morgan fingerprint density at radius 2 is 1.07 bits per heavy atom. The molecule has 46 heavy (non-hydrogen) atoms. The van der Waals surface area contributed by atoms with Gasteiger partial charge in [-0.1, -0.05) is 127 Å². The summed E-state index contributed by atoms with van der Waals surface area (Å²) in [5.41, 5.74) is 9.83. The van der Waals surface area contributed by atoms with Crippen LogP contribution in [0.4, 0.5) is 17.1 Å². The molecule has 9 rings (SSSR count). The van der Waals surface area contributed by atoms with Crippen LogP contribution in [0.5, 0.6) is 0 Å². The Hall–Kier alpha value is -6.12. The first kappa shape index (κ1) is 26.3. The molecule has 2 nitrogen and oxygen atoms in total. The van der Waals surface area contributed by atoms with Crippen molar-refractivity contribution in [3.8, 4) is 22.3 Å². The van der Waals surface area contributed by atoms with Gasteiger partial charge in [-0.2, -0.15) is 0 Å². The van der Waals surface area contributed by atoms with Crippen LogP contribution in [0.2, 0.25) is 0 Å². The second-order valence-electron chi connectivity index (χ2n) is 11.7. The molecule has 0 bridgehead atoms. The third-order valence-electron chi connectivity index (χ3n) is 9.01. The average Bonchev–Trinajstić information content (AvgIpc) is 3.52. The molecule has 9 aromatic rings. The molecule has 216 valence electrons. The smallest absolute Gasteiger partial charge is 0.143 e. The van der Waals surface area contributed by atoms with Crippen molar-refractivity contribution in [1.29, 1.82) is 0 Å². The summed E-state index contributed by atoms with van der Waals surface area (Å²) in [6.07, 6.45) is 0. The fraction of sp³-hybridized carbons (Fsp3) is 0. The van der Waals surface area contributed by atoms with Crippen molar-refractivity contribution in [2.75, 3.05) is 4.90 Å². The molecule has 8 aromatic carbocycles. The summed E-state index contributed by atoms with van der Waals surface area (Å²) in [4.78, 5) is 2.36. The number of nitrogens with zero attached hydrogens (tertiary/aromatic N) is 1. The first-order valence-corrected chi connectivity index (χ1v) is 15.7. The monoisotopic (exact) mass is 587 g/mol. The quantitative estimate of drug-likeness (QED) is 0.199. The second-order valence-corrected chi connectivity index (χ2v) is 11.7. The molecule has 0 N–H and O–H groups in total. The minimum atomic E-state index is 0.870. The van der Waals surface area contributed by atoms with E-state index in [0.29, 0.717) is 0 Å². The van der Waals surface area contributed by atoms with E-state index < -0.39 is 0 Å². The van der Waals surface area contributed by atoms with Crippen molar-refractivity contribution < 1.29 is 4.42 Å². The fourth-order valence-electron chi connectivity index (χ4n) is 6.87. The summed E-state index contributed by atoms with van der Waals surface area (Å²) >= 11 is 0. The van der Waals surface area contributed by atoms with E-state index in [0.717, 1.165) is 44.4 Å². The summed E-state index contributed by atoms with van der Waals surface area (Å²) in [7, 11) is 0. The van der Waals surface area contributed by atoms with Gasteiger partial charge in [-0.3, -0.25) is 0 Å². The van der Waals surface area contributed by atoms with Crippen LogP contribution in [-0.2, 0) is 0 Å². The topological polar surface area (TPSA) is 16.4 Å². The highest BCUT2D eigenvalue weighted by molar-refractivity contribution is 6.22. The van der Waals surface area contributed by atoms with E-state index in [1.165, 1.54) is 38.4 Å². The number of hydrogen-bond donors (Lipinski definition) is 0. The molecule has 0 aliphatic heterocycles. The standard InChI is InChI=1S/C44H29NO/c1-3-13-30(14-4-1)32-17-11-18-34(27-32)39-29-40-43-41(23-12-24-42(43)46-44(40)38-22-10-9-21-37(38)39)45(35-19-5-2-6-20-35)36-26-25-31-15-7-8-16-33(31)28-36/h1-29H. The number of anilines is 3. The SMILES string of the molecule is c1ccc(-c2cccc(-c3cc4c(oc5cccc(N(c6ccccc6)c6ccc7ccccc7c6)c54)c4ccccc34)c2)cc1. The van der Waals surface area contributed by atoms with Gasteiger partial charge in [0.15, 0.2) is 0 Å². The minimum absolute atomic E-state index is 0.870. The Kier molecular flexibility index (Phi) is 6.17. The van der Waals surface area contributed by atoms with E-state index in [4.69, 9.17) is 4.42 Å². The molecule has 0 atom stereocenters. The van der Waals surface area contributed by atoms with Crippen LogP contribution < -0.4 is 4.90 Å². The summed E-state index contributed by atoms with van der Waals surface area (Å²) in [6.45, 7) is 0. The molecule has 0 unspecified atom stereocenters. The maximum atomic E-state index is 6.76. The van der Waals surface area contributed by atoms with Gasteiger partial charge >= 0.3 is 0 Å². The Balaban J connectivity index is 1.33. The van der Waals surface area contributed by atoms with Crippen LogP contribution in [0.15, 0.2) is 180 Å². The maximum absolute atomic E-state index is 6.76. The summed E-state index contributed by atoms with van der Waals surface area (Å²) in [6, 6.07) is 62.6. The average molecular weight is 588 g/mol. The largest absolute Gasteiger partial charge is 0.455 e. The van der Waals surface area contributed by atoms with Crippen molar-refractivity contribution in [1.82, 2.24) is 0 Å². The number of rotatable bonds is 5. The van der Waals surface area contributed by atoms with Crippen LogP contribution in [0.25, 0.3) is 65.7 Å². The van der Waals surface area contributed by atoms with E-state index in [-0.39, 0.29) is 0 Å². The normalized spacial score (nSPS) is 11.5. The van der Waals surface area contributed by atoms with Crippen molar-refractivity contribution in [2.24, 2.45) is 0 Å². The number of benzene rings is 8. The van der Waals surface area contributed by atoms with Crippen LogP contribution in [0, 0.1) is 0 Å². The summed E-state index contributed by atoms with van der Waals surface area (Å²) in [5.74, 6) is 0. The molecule has 0 spiro atoms. The zero-order valence-corrected chi connectivity index (χ0v) is 25.1. The van der Waals surface area contributed by atoms with E-state index in [2.05, 4.69) is 181 Å². The lowest BCUT2D eigenvalue weighted by Gasteiger charge is -2.26. The molecule has 0 amide bonds. The van der Waals surface area contributed by atoms with Crippen molar-refractivity contribution in [3.05, 3.63) is 176 Å². The van der Waals surface area contributed by atoms with Crippen LogP contribution in [0.3, 0.4) is 0 Å². The Labute approximate surface area is 267 Å². The van der Waals surface area contributed by atoms with E-state index in [1.807, 2.05) is 0 Å². The lowest BCUT2D eigenvalue weighted by Crippen LogP contribution is -2.10. The van der Waals surface area contributed by atoms with Crippen LogP contribution in [0.1, 0.15) is 0 Å². The predicted molar refractivity (Wildman–Crippen MR) is 194 cm³/mol. The lowest BCUT2D eigenvalue weighted by molar-refractivity contribution is 0.672. The van der Waals surface area contributed by atoms with Gasteiger partial charge in [0.2, 0.25) is 0 Å². The van der Waals surface area contributed by atoms with E-state index >= 15 is 0 Å². The molecule has 0 saturated carbocycles. The van der Waals surface area contributed by atoms with Crippen molar-refractivity contribution in [2.45, 2.75) is 0 Å². The molecule has 1 heterocycles. The van der Waals surface area contributed by atoms with Gasteiger partial charge in [0.1, 0.15) is 11.2 Å². The Morgan fingerprint density at radius 3 is 1.91 bits per heavy atom. The number of hydrogen-bond acceptors (Lipinski definition) is 2. The minimum Gasteiger partial charge on any atom is -0.455 e. The first-order chi connectivity index (χ1) is 22.8. The van der Waals surface area contributed by atoms with Gasteiger partial charge in [0.25, 0.3) is 0 Å². The molecule has 0 aliphatic carbocycles. The van der Waals surface area contributed by atoms with Gasteiger partial charge in [-0.15, -0.1) is 0 Å². The van der Waals surface area contributed by atoms with Gasteiger partial charge in [-0.05, 0) is 86.9 Å². The van der Waals surface area contributed by atoms with E-state index in [9.17, 15) is 0 Å². The highest BCUT2D eigenvalue weighted by Gasteiger charge is 2.22. The number of furan rings is 1. The molecule has 0 radical (unpaired) electrons. The highest BCUT2D eigenvalue weighted by atomic mass is 16.3. The van der Waals surface area contributed by atoms with Gasteiger partial charge in [0.05, 0.1) is 11.1 Å². The summed E-state index contributed by atoms with van der Waals surface area (Å²) in [5, 5.41) is 6.91. The maximum Gasteiger partial charge on any atom is 0.143 e. The third kappa shape index (κ3) is 4.35. The molecular formula is C44H29NO. The van der Waals surface area contributed by atoms with Crippen molar-refractivity contribution in [3.63, 3.8) is 0 Å². The highest BCUT2D eigenvalue weighted by Crippen LogP contribution is 2.46. The predicted octanol–water partition coefficient (Wildman–Crippen LogP) is 12.7. The molecular weight excluding hydrogens is 558 g/mol. The fourth-order valence-corrected chi connectivity index (χ4v) is 6.87. The van der Waals surface area contributed by atoms with Gasteiger partial charge < -0.3 is 9.32 Å². The summed E-state index contributed by atoms with van der Waals surface area (Å²) < 4.78 is 6.76. The zero-order chi connectivity index (χ0) is 30.5. The molecule has 0 fully saturated rings. The molecule has 0 aliphatic rings.